The molecule has 0 rings (SSSR count). The molecule has 0 unspecified atom stereocenters. The number of hydrogen-bond donors (Lipinski definition) is 0. The third-order valence-corrected chi connectivity index (χ3v) is 2.28. The second-order valence-corrected chi connectivity index (χ2v) is 5.90. The van der Waals surface area contributed by atoms with E-state index in [1.807, 2.05) is 0 Å². The van der Waals surface area contributed by atoms with Crippen molar-refractivity contribution in [2.75, 3.05) is 13.2 Å². The van der Waals surface area contributed by atoms with Crippen LogP contribution in [0.3, 0.4) is 0 Å². The Labute approximate surface area is 102 Å². The van der Waals surface area contributed by atoms with Gasteiger partial charge in [0.05, 0.1) is 0 Å². The molecule has 16 heavy (non-hydrogen) atoms. The summed E-state index contributed by atoms with van der Waals surface area (Å²) in [5.41, 5.74) is 0.476. The molecule has 94 valence electrons. The Morgan fingerprint density at radius 1 is 1.06 bits per heavy atom. The van der Waals surface area contributed by atoms with Gasteiger partial charge in [0, 0.05) is 12.5 Å². The summed E-state index contributed by atoms with van der Waals surface area (Å²) < 4.78 is 5.44. The minimum Gasteiger partial charge on any atom is -0.369 e. The lowest BCUT2D eigenvalue weighted by Crippen LogP contribution is -2.04. The molecule has 0 saturated carbocycles. The van der Waals surface area contributed by atoms with Crippen LogP contribution in [-0.2, 0) is 4.74 Å². The number of rotatable bonds is 6. The van der Waals surface area contributed by atoms with Crippen molar-refractivity contribution in [1.82, 2.24) is 0 Å². The van der Waals surface area contributed by atoms with Gasteiger partial charge in [0.2, 0.25) is 0 Å². The molecule has 0 fully saturated rings. The zero-order chi connectivity index (χ0) is 12.4. The maximum atomic E-state index is 5.44. The summed E-state index contributed by atoms with van der Waals surface area (Å²) in [7, 11) is 0. The lowest BCUT2D eigenvalue weighted by molar-refractivity contribution is 0.160. The summed E-state index contributed by atoms with van der Waals surface area (Å²) in [4.78, 5) is 0. The second kappa shape index (κ2) is 8.65. The first-order valence-corrected chi connectivity index (χ1v) is 6.48. The van der Waals surface area contributed by atoms with E-state index in [0.29, 0.717) is 17.9 Å². The van der Waals surface area contributed by atoms with Crippen LogP contribution in [0.5, 0.6) is 0 Å². The standard InChI is InChI=1S/C15H28O/c1-14(2)10-9-13-16-12-8-6-7-11-15(3,4)5/h14H,6-8,11-13H2,1-5H3. The van der Waals surface area contributed by atoms with Gasteiger partial charge in [-0.25, -0.2) is 0 Å². The van der Waals surface area contributed by atoms with Crippen molar-refractivity contribution in [3.8, 4) is 11.8 Å². The molecule has 0 amide bonds. The summed E-state index contributed by atoms with van der Waals surface area (Å²) in [5, 5.41) is 0. The van der Waals surface area contributed by atoms with Gasteiger partial charge in [-0.15, -0.1) is 0 Å². The third-order valence-electron chi connectivity index (χ3n) is 2.28. The first kappa shape index (κ1) is 15.5. The molecule has 0 N–H and O–H groups in total. The summed E-state index contributed by atoms with van der Waals surface area (Å²) in [6.07, 6.45) is 5.05. The van der Waals surface area contributed by atoms with Crippen LogP contribution < -0.4 is 0 Å². The summed E-state index contributed by atoms with van der Waals surface area (Å²) in [5.74, 6) is 6.57. The Bertz CT molecular complexity index is 212. The zero-order valence-electron chi connectivity index (χ0n) is 11.7. The molecule has 0 spiro atoms. The SMILES string of the molecule is CC(C)C#CCOCCCCCC(C)(C)C. The molecule has 0 aromatic heterocycles. The van der Waals surface area contributed by atoms with Gasteiger partial charge in [0.1, 0.15) is 6.61 Å². The van der Waals surface area contributed by atoms with Gasteiger partial charge in [-0.3, -0.25) is 0 Å². The van der Waals surface area contributed by atoms with E-state index in [0.717, 1.165) is 6.61 Å². The van der Waals surface area contributed by atoms with E-state index >= 15 is 0 Å². The first-order valence-electron chi connectivity index (χ1n) is 6.48. The molecule has 0 aromatic carbocycles. The van der Waals surface area contributed by atoms with Gasteiger partial charge in [0.15, 0.2) is 0 Å². The Balaban J connectivity index is 3.20. The number of hydrogen-bond acceptors (Lipinski definition) is 1. The Kier molecular flexibility index (Phi) is 8.39. The van der Waals surface area contributed by atoms with Crippen molar-refractivity contribution in [3.05, 3.63) is 0 Å². The molecule has 0 aliphatic carbocycles. The molecular weight excluding hydrogens is 196 g/mol. The summed E-state index contributed by atoms with van der Waals surface area (Å²) >= 11 is 0. The highest BCUT2D eigenvalue weighted by molar-refractivity contribution is 5.01. The summed E-state index contributed by atoms with van der Waals surface area (Å²) in [6.45, 7) is 12.5. The van der Waals surface area contributed by atoms with Crippen LogP contribution in [0.2, 0.25) is 0 Å². The molecule has 0 saturated heterocycles. The van der Waals surface area contributed by atoms with Gasteiger partial charge in [0.25, 0.3) is 0 Å². The molecule has 0 bridgehead atoms. The molecule has 1 heteroatoms. The lowest BCUT2D eigenvalue weighted by atomic mass is 9.89. The fourth-order valence-electron chi connectivity index (χ4n) is 1.41. The molecule has 0 radical (unpaired) electrons. The topological polar surface area (TPSA) is 9.23 Å². The van der Waals surface area contributed by atoms with Crippen LogP contribution >= 0.6 is 0 Å². The van der Waals surface area contributed by atoms with E-state index in [4.69, 9.17) is 4.74 Å². The average Bonchev–Trinajstić information content (AvgIpc) is 2.13. The Morgan fingerprint density at radius 2 is 1.75 bits per heavy atom. The minimum absolute atomic E-state index is 0.454. The van der Waals surface area contributed by atoms with Crippen LogP contribution in [0.15, 0.2) is 0 Å². The van der Waals surface area contributed by atoms with E-state index in [-0.39, 0.29) is 0 Å². The molecule has 0 atom stereocenters. The molecule has 0 aliphatic rings. The van der Waals surface area contributed by atoms with Crippen molar-refractivity contribution < 1.29 is 4.74 Å². The van der Waals surface area contributed by atoms with Crippen molar-refractivity contribution in [1.29, 1.82) is 0 Å². The number of ether oxygens (including phenoxy) is 1. The van der Waals surface area contributed by atoms with Gasteiger partial charge in [-0.2, -0.15) is 0 Å². The van der Waals surface area contributed by atoms with Crippen molar-refractivity contribution in [2.24, 2.45) is 11.3 Å². The number of unbranched alkanes of at least 4 members (excludes halogenated alkanes) is 2. The third kappa shape index (κ3) is 13.5. The van der Waals surface area contributed by atoms with Crippen LogP contribution in [0.4, 0.5) is 0 Å². The van der Waals surface area contributed by atoms with Crippen molar-refractivity contribution in [3.63, 3.8) is 0 Å². The largest absolute Gasteiger partial charge is 0.369 e. The van der Waals surface area contributed by atoms with E-state index in [2.05, 4.69) is 46.5 Å². The van der Waals surface area contributed by atoms with Gasteiger partial charge >= 0.3 is 0 Å². The fraction of sp³-hybridized carbons (Fsp3) is 0.867. The molecular formula is C15H28O. The smallest absolute Gasteiger partial charge is 0.107 e. The van der Waals surface area contributed by atoms with Crippen LogP contribution in [0.25, 0.3) is 0 Å². The van der Waals surface area contributed by atoms with E-state index < -0.39 is 0 Å². The van der Waals surface area contributed by atoms with Crippen LogP contribution in [0, 0.1) is 23.2 Å². The van der Waals surface area contributed by atoms with Gasteiger partial charge in [-0.1, -0.05) is 59.3 Å². The normalized spacial score (nSPS) is 11.4. The predicted molar refractivity (Wildman–Crippen MR) is 71.4 cm³/mol. The van der Waals surface area contributed by atoms with Gasteiger partial charge in [-0.05, 0) is 18.3 Å². The Hall–Kier alpha value is -0.480. The monoisotopic (exact) mass is 224 g/mol. The van der Waals surface area contributed by atoms with Crippen molar-refractivity contribution in [2.45, 2.75) is 60.3 Å². The maximum Gasteiger partial charge on any atom is 0.107 e. The maximum absolute atomic E-state index is 5.44. The highest BCUT2D eigenvalue weighted by Crippen LogP contribution is 2.21. The fourth-order valence-corrected chi connectivity index (χ4v) is 1.41. The van der Waals surface area contributed by atoms with E-state index in [1.54, 1.807) is 0 Å². The van der Waals surface area contributed by atoms with Crippen molar-refractivity contribution >= 4 is 0 Å². The molecule has 0 aromatic rings. The first-order chi connectivity index (χ1) is 7.42. The predicted octanol–water partition coefficient (Wildman–Crippen LogP) is 4.27. The molecule has 0 heterocycles. The van der Waals surface area contributed by atoms with E-state index in [1.165, 1.54) is 25.7 Å². The van der Waals surface area contributed by atoms with E-state index in [9.17, 15) is 0 Å². The Morgan fingerprint density at radius 3 is 2.31 bits per heavy atom. The lowest BCUT2D eigenvalue weighted by Gasteiger charge is -2.17. The van der Waals surface area contributed by atoms with Crippen LogP contribution in [-0.4, -0.2) is 13.2 Å². The van der Waals surface area contributed by atoms with Gasteiger partial charge < -0.3 is 4.74 Å². The quantitative estimate of drug-likeness (QED) is 0.483. The highest BCUT2D eigenvalue weighted by Gasteiger charge is 2.08. The molecule has 0 aliphatic heterocycles. The summed E-state index contributed by atoms with van der Waals surface area (Å²) in [6, 6.07) is 0. The highest BCUT2D eigenvalue weighted by atomic mass is 16.5. The van der Waals surface area contributed by atoms with Crippen LogP contribution in [0.1, 0.15) is 60.3 Å². The minimum atomic E-state index is 0.454. The average molecular weight is 224 g/mol. The zero-order valence-corrected chi connectivity index (χ0v) is 11.7. The molecule has 1 nitrogen and oxygen atoms in total. The second-order valence-electron chi connectivity index (χ2n) is 5.90.